The van der Waals surface area contributed by atoms with Crippen molar-refractivity contribution in [3.8, 4) is 0 Å². The molecule has 0 amide bonds. The van der Waals surface area contributed by atoms with E-state index in [1.807, 2.05) is 0 Å². The monoisotopic (exact) mass is 1760 g/mol. The van der Waals surface area contributed by atoms with Crippen LogP contribution in [0.1, 0.15) is 285 Å². The van der Waals surface area contributed by atoms with E-state index >= 15 is 0 Å². The number of rotatable bonds is 66. The second kappa shape index (κ2) is 135. The van der Waals surface area contributed by atoms with Gasteiger partial charge in [0.25, 0.3) is 0 Å². The summed E-state index contributed by atoms with van der Waals surface area (Å²) in [4.78, 5) is 41.3. The van der Waals surface area contributed by atoms with Crippen LogP contribution in [0.5, 0.6) is 0 Å². The molecule has 0 unspecified atom stereocenters. The summed E-state index contributed by atoms with van der Waals surface area (Å²) in [6.45, 7) is 3.49. The number of unbranched alkanes of at least 4 members (excludes halogenated alkanes) is 20. The molecule has 0 bridgehead atoms. The number of hydrogen-bond acceptors (Lipinski definition) is 25. The molecule has 0 aliphatic rings. The number of aliphatic carboxylic acids is 4. The van der Waals surface area contributed by atoms with Crippen LogP contribution in [0.25, 0.3) is 0 Å². The lowest BCUT2D eigenvalue weighted by Crippen LogP contribution is -2.15. The van der Waals surface area contributed by atoms with Crippen molar-refractivity contribution in [2.45, 2.75) is 327 Å². The van der Waals surface area contributed by atoms with E-state index in [0.717, 1.165) is 180 Å². The van der Waals surface area contributed by atoms with Crippen molar-refractivity contribution >= 4 is 23.9 Å². The van der Waals surface area contributed by atoms with Gasteiger partial charge in [-0.2, -0.15) is 0 Å². The van der Waals surface area contributed by atoms with Crippen LogP contribution in [-0.4, -0.2) is 287 Å². The van der Waals surface area contributed by atoms with Crippen molar-refractivity contribution < 1.29 is 147 Å². The molecule has 29 nitrogen and oxygen atoms in total. The molecule has 722 valence electrons. The number of hydrogen-bond donors (Lipinski definition) is 25. The van der Waals surface area contributed by atoms with E-state index in [2.05, 4.69) is 174 Å². The zero-order valence-corrected chi connectivity index (χ0v) is 74.9. The summed E-state index contributed by atoms with van der Waals surface area (Å²) in [6.07, 6.45) is 86.8. The Morgan fingerprint density at radius 1 is 0.172 bits per heavy atom. The zero-order chi connectivity index (χ0) is 94.5. The molecular formula is C93H176O29. The van der Waals surface area contributed by atoms with Gasteiger partial charge in [0.2, 0.25) is 0 Å². The van der Waals surface area contributed by atoms with Gasteiger partial charge in [0.05, 0.1) is 92.5 Å². The van der Waals surface area contributed by atoms with Gasteiger partial charge in [-0.25, -0.2) is 0 Å². The third kappa shape index (κ3) is 180. The second-order valence-electron chi connectivity index (χ2n) is 27.1. The van der Waals surface area contributed by atoms with Crippen LogP contribution in [0.3, 0.4) is 0 Å². The highest BCUT2D eigenvalue weighted by atomic mass is 16.4. The summed E-state index contributed by atoms with van der Waals surface area (Å²) in [6, 6.07) is 0. The minimum atomic E-state index is -0.954. The Morgan fingerprint density at radius 3 is 0.385 bits per heavy atom. The van der Waals surface area contributed by atoms with Crippen molar-refractivity contribution in [3.63, 3.8) is 0 Å². The highest BCUT2D eigenvalue weighted by Crippen LogP contribution is 2.12. The number of carboxylic acid groups (broad SMARTS) is 4. The lowest BCUT2D eigenvalue weighted by Gasteiger charge is -1.98. The molecule has 0 aliphatic heterocycles. The molecule has 0 aliphatic carbocycles. The molecule has 0 spiro atoms. The molecule has 0 heterocycles. The molecular weight excluding hydrogens is 1580 g/mol. The van der Waals surface area contributed by atoms with E-state index in [-0.39, 0.29) is 92.5 Å². The minimum Gasteiger partial charge on any atom is -0.481 e. The fraction of sp³-hybridized carbons (Fsp3) is 0.699. The molecule has 0 rings (SSSR count). The largest absolute Gasteiger partial charge is 0.481 e. The summed E-state index contributed by atoms with van der Waals surface area (Å²) in [7, 11) is 0. The van der Waals surface area contributed by atoms with Gasteiger partial charge >= 0.3 is 23.9 Å². The fourth-order valence-electron chi connectivity index (χ4n) is 7.99. The van der Waals surface area contributed by atoms with Crippen LogP contribution in [0.4, 0.5) is 0 Å². The summed E-state index contributed by atoms with van der Waals surface area (Å²) in [5.41, 5.74) is 0. The quantitative estimate of drug-likeness (QED) is 0.0199. The molecule has 0 saturated heterocycles. The van der Waals surface area contributed by atoms with Crippen LogP contribution < -0.4 is 0 Å². The predicted octanol–water partition coefficient (Wildman–Crippen LogP) is 11.0. The maximum Gasteiger partial charge on any atom is 0.303 e. The number of carbonyl (C=O) groups is 4. The SMILES string of the molecule is CC/C=C\C/C=C\C/C=C\CCCCCCCC(=O)O.CC/C=C\C/C=C\C/C=C\CCCCCCCC(=O)O.CC/C=C\C/C=C\C/C=C\CCCCCCCC(=O)O.CC/C=C\C/C=C\C/C=C\CCCCCCCC(=O)O.OCC(O)CO.OCC(O)CO.OCC(O)CO.OCC(O)CO.OCC(O)CO.OCC(O)CO.OCC(O)CO. The third-order valence-corrected chi connectivity index (χ3v) is 15.1. The average Bonchev–Trinajstić information content (AvgIpc) is 1.12. The first kappa shape index (κ1) is 139. The summed E-state index contributed by atoms with van der Waals surface area (Å²) < 4.78 is 0. The van der Waals surface area contributed by atoms with Crippen molar-refractivity contribution in [2.75, 3.05) is 92.5 Å². The van der Waals surface area contributed by atoms with Crippen LogP contribution in [0.2, 0.25) is 0 Å². The van der Waals surface area contributed by atoms with Gasteiger partial charge in [-0.3, -0.25) is 19.2 Å². The van der Waals surface area contributed by atoms with Gasteiger partial charge in [-0.15, -0.1) is 0 Å². The Balaban J connectivity index is -0.000000129. The first-order valence-corrected chi connectivity index (χ1v) is 43.7. The molecule has 0 aromatic carbocycles. The number of carboxylic acids is 4. The average molecular weight is 1760 g/mol. The standard InChI is InChI=1S/4C18H30O2.7C3H8O3/c4*1-2-3-4-5-6-7-8-9-10-11-12-13-14-15-16-17-18(19)20;7*4-1-3(6)2-5/h4*3-4,6-7,9-10H,2,5,8,11-17H2,1H3,(H,19,20);7*3-6H,1-2H2/b4*4-3-,7-6-,10-9-;;;;;;;. The molecule has 0 saturated carbocycles. The van der Waals surface area contributed by atoms with Gasteiger partial charge in [-0.05, 0) is 154 Å². The van der Waals surface area contributed by atoms with E-state index in [1.165, 1.54) is 51.4 Å². The van der Waals surface area contributed by atoms with E-state index in [0.29, 0.717) is 25.7 Å². The molecule has 122 heavy (non-hydrogen) atoms. The lowest BCUT2D eigenvalue weighted by molar-refractivity contribution is -0.138. The predicted molar refractivity (Wildman–Crippen MR) is 489 cm³/mol. The topological polar surface area (TPSA) is 574 Å². The van der Waals surface area contributed by atoms with Crippen LogP contribution in [-0.2, 0) is 19.2 Å². The first-order valence-electron chi connectivity index (χ1n) is 43.7. The first-order chi connectivity index (χ1) is 58.7. The summed E-state index contributed by atoms with van der Waals surface area (Å²) in [5.74, 6) is -2.70. The fourth-order valence-corrected chi connectivity index (χ4v) is 7.99. The van der Waals surface area contributed by atoms with Gasteiger partial charge in [0, 0.05) is 25.7 Å². The van der Waals surface area contributed by atoms with E-state index in [4.69, 9.17) is 128 Å². The molecule has 0 radical (unpaired) electrons. The van der Waals surface area contributed by atoms with Crippen molar-refractivity contribution in [3.05, 3.63) is 146 Å². The smallest absolute Gasteiger partial charge is 0.303 e. The highest BCUT2D eigenvalue weighted by molar-refractivity contribution is 5.67. The normalized spacial score (nSPS) is 11.3. The van der Waals surface area contributed by atoms with Crippen LogP contribution >= 0.6 is 0 Å². The summed E-state index contributed by atoms with van der Waals surface area (Å²) in [5, 5.41) is 202. The van der Waals surface area contributed by atoms with Crippen LogP contribution in [0, 0.1) is 0 Å². The minimum absolute atomic E-state index is 0.319. The van der Waals surface area contributed by atoms with Crippen molar-refractivity contribution in [1.82, 2.24) is 0 Å². The summed E-state index contributed by atoms with van der Waals surface area (Å²) >= 11 is 0. The number of aliphatic hydroxyl groups excluding tert-OH is 21. The molecule has 0 aromatic heterocycles. The number of allylic oxidation sites excluding steroid dienone is 24. The Bertz CT molecular complexity index is 1980. The molecule has 0 atom stereocenters. The zero-order valence-electron chi connectivity index (χ0n) is 74.9. The Kier molecular flexibility index (Phi) is 154. The Labute approximate surface area is 733 Å². The molecule has 25 N–H and O–H groups in total. The van der Waals surface area contributed by atoms with Gasteiger partial charge < -0.3 is 128 Å². The third-order valence-electron chi connectivity index (χ3n) is 15.1. The molecule has 0 fully saturated rings. The van der Waals surface area contributed by atoms with Crippen molar-refractivity contribution in [2.24, 2.45) is 0 Å². The van der Waals surface area contributed by atoms with E-state index in [1.54, 1.807) is 0 Å². The maximum atomic E-state index is 10.3. The molecule has 0 aromatic rings. The number of aliphatic hydroxyl groups is 21. The lowest BCUT2D eigenvalue weighted by atomic mass is 10.1. The van der Waals surface area contributed by atoms with Gasteiger partial charge in [0.15, 0.2) is 0 Å². The van der Waals surface area contributed by atoms with Gasteiger partial charge in [-0.1, -0.05) is 251 Å². The Morgan fingerprint density at radius 2 is 0.279 bits per heavy atom. The molecule has 29 heteroatoms. The maximum absolute atomic E-state index is 10.3. The van der Waals surface area contributed by atoms with Crippen LogP contribution in [0.15, 0.2) is 146 Å². The second-order valence-corrected chi connectivity index (χ2v) is 27.1. The van der Waals surface area contributed by atoms with E-state index < -0.39 is 66.6 Å². The highest BCUT2D eigenvalue weighted by Gasteiger charge is 2.02. The van der Waals surface area contributed by atoms with E-state index in [9.17, 15) is 19.2 Å². The van der Waals surface area contributed by atoms with Crippen molar-refractivity contribution in [1.29, 1.82) is 0 Å². The Hall–Kier alpha value is -6.08. The van der Waals surface area contributed by atoms with Gasteiger partial charge in [0.1, 0.15) is 42.7 Å².